The molecule has 0 aromatic heterocycles. The van der Waals surface area contributed by atoms with Crippen molar-refractivity contribution in [2.45, 2.75) is 52.5 Å². The Balaban J connectivity index is 2.40. The van der Waals surface area contributed by atoms with Gasteiger partial charge in [0.2, 0.25) is 0 Å². The minimum absolute atomic E-state index is 0.00100. The summed E-state index contributed by atoms with van der Waals surface area (Å²) >= 11 is 0. The number of nitrogens with zero attached hydrogens (tertiary/aromatic N) is 1. The van der Waals surface area contributed by atoms with E-state index >= 15 is 0 Å². The van der Waals surface area contributed by atoms with E-state index in [-0.39, 0.29) is 24.4 Å². The number of hydrogen-bond acceptors (Lipinski definition) is 2. The van der Waals surface area contributed by atoms with Gasteiger partial charge >= 0.3 is 12.0 Å². The molecular weight excluding hydrogens is 256 g/mol. The molecule has 5 nitrogen and oxygen atoms in total. The summed E-state index contributed by atoms with van der Waals surface area (Å²) in [4.78, 5) is 24.7. The average Bonchev–Trinajstić information content (AvgIpc) is 3.16. The van der Waals surface area contributed by atoms with E-state index in [0.29, 0.717) is 18.4 Å². The average molecular weight is 284 g/mol. The van der Waals surface area contributed by atoms with Crippen molar-refractivity contribution in [3.05, 3.63) is 0 Å². The monoisotopic (exact) mass is 284 g/mol. The Hall–Kier alpha value is -1.26. The first kappa shape index (κ1) is 16.8. The largest absolute Gasteiger partial charge is 0.481 e. The van der Waals surface area contributed by atoms with Gasteiger partial charge in [-0.2, -0.15) is 0 Å². The lowest BCUT2D eigenvalue weighted by Crippen LogP contribution is -2.45. The first-order valence-corrected chi connectivity index (χ1v) is 7.53. The van der Waals surface area contributed by atoms with Crippen LogP contribution in [0.5, 0.6) is 0 Å². The van der Waals surface area contributed by atoms with Gasteiger partial charge in [-0.1, -0.05) is 13.8 Å². The van der Waals surface area contributed by atoms with Gasteiger partial charge in [0.1, 0.15) is 0 Å². The van der Waals surface area contributed by atoms with Crippen LogP contribution < -0.4 is 5.32 Å². The number of aliphatic carboxylic acids is 1. The van der Waals surface area contributed by atoms with E-state index in [0.717, 1.165) is 6.42 Å². The summed E-state index contributed by atoms with van der Waals surface area (Å²) in [5.41, 5.74) is 0. The van der Waals surface area contributed by atoms with Crippen molar-refractivity contribution in [1.82, 2.24) is 10.2 Å². The number of nitrogens with one attached hydrogen (secondary N) is 1. The quantitative estimate of drug-likeness (QED) is 0.719. The Morgan fingerprint density at radius 3 is 2.35 bits per heavy atom. The van der Waals surface area contributed by atoms with Crippen LogP contribution in [0.2, 0.25) is 0 Å². The minimum Gasteiger partial charge on any atom is -0.481 e. The lowest BCUT2D eigenvalue weighted by molar-refractivity contribution is -0.138. The van der Waals surface area contributed by atoms with Crippen LogP contribution in [0.1, 0.15) is 46.5 Å². The molecule has 116 valence electrons. The third kappa shape index (κ3) is 5.80. The molecular formula is C15H28N2O3. The van der Waals surface area contributed by atoms with E-state index in [1.54, 1.807) is 4.90 Å². The van der Waals surface area contributed by atoms with Gasteiger partial charge in [0.05, 0.1) is 0 Å². The molecule has 0 aromatic rings. The van der Waals surface area contributed by atoms with Gasteiger partial charge in [0.15, 0.2) is 0 Å². The third-order valence-corrected chi connectivity index (χ3v) is 4.05. The van der Waals surface area contributed by atoms with Crippen LogP contribution in [0, 0.1) is 17.8 Å². The molecule has 2 unspecified atom stereocenters. The number of hydrogen-bond donors (Lipinski definition) is 2. The molecule has 2 N–H and O–H groups in total. The molecule has 1 aliphatic rings. The maximum atomic E-state index is 12.1. The fourth-order valence-corrected chi connectivity index (χ4v) is 2.59. The van der Waals surface area contributed by atoms with E-state index in [4.69, 9.17) is 5.11 Å². The van der Waals surface area contributed by atoms with Gasteiger partial charge < -0.3 is 15.3 Å². The molecule has 0 aromatic carbocycles. The SMILES string of the molecule is CC(C)CC(CNC(=O)N(C)C(C)C1CC1)CC(=O)O. The summed E-state index contributed by atoms with van der Waals surface area (Å²) in [6.45, 7) is 6.64. The van der Waals surface area contributed by atoms with Crippen LogP contribution in [0.4, 0.5) is 4.79 Å². The highest BCUT2D eigenvalue weighted by molar-refractivity contribution is 5.74. The molecule has 5 heteroatoms. The molecule has 1 aliphatic carbocycles. The van der Waals surface area contributed by atoms with Crippen molar-refractivity contribution in [3.8, 4) is 0 Å². The smallest absolute Gasteiger partial charge is 0.317 e. The summed E-state index contributed by atoms with van der Waals surface area (Å²) in [6, 6.07) is 0.168. The fraction of sp³-hybridized carbons (Fsp3) is 0.867. The van der Waals surface area contributed by atoms with Gasteiger partial charge in [-0.15, -0.1) is 0 Å². The molecule has 0 saturated heterocycles. The van der Waals surface area contributed by atoms with Crippen LogP contribution in [0.25, 0.3) is 0 Å². The van der Waals surface area contributed by atoms with Crippen LogP contribution in [0.3, 0.4) is 0 Å². The normalized spacial score (nSPS) is 17.6. The molecule has 0 radical (unpaired) electrons. The Morgan fingerprint density at radius 1 is 1.30 bits per heavy atom. The minimum atomic E-state index is -0.801. The van der Waals surface area contributed by atoms with Crippen molar-refractivity contribution in [2.75, 3.05) is 13.6 Å². The molecule has 0 bridgehead atoms. The van der Waals surface area contributed by atoms with Gasteiger partial charge in [0, 0.05) is 26.1 Å². The lowest BCUT2D eigenvalue weighted by Gasteiger charge is -2.26. The standard InChI is InChI=1S/C15H28N2O3/c1-10(2)7-12(8-14(18)19)9-16-15(20)17(4)11(3)13-5-6-13/h10-13H,5-9H2,1-4H3,(H,16,20)(H,18,19). The van der Waals surface area contributed by atoms with Crippen molar-refractivity contribution >= 4 is 12.0 Å². The van der Waals surface area contributed by atoms with Crippen molar-refractivity contribution in [3.63, 3.8) is 0 Å². The zero-order valence-corrected chi connectivity index (χ0v) is 13.1. The van der Waals surface area contributed by atoms with E-state index in [1.807, 2.05) is 7.05 Å². The second-order valence-electron chi connectivity index (χ2n) is 6.47. The number of carboxylic acid groups (broad SMARTS) is 1. The summed E-state index contributed by atoms with van der Waals surface area (Å²) in [7, 11) is 1.81. The predicted molar refractivity (Wildman–Crippen MR) is 78.5 cm³/mol. The first-order valence-electron chi connectivity index (χ1n) is 7.53. The summed E-state index contributed by atoms with van der Waals surface area (Å²) in [5.74, 6) is 0.265. The van der Waals surface area contributed by atoms with E-state index in [9.17, 15) is 9.59 Å². The van der Waals surface area contributed by atoms with Crippen molar-refractivity contribution in [1.29, 1.82) is 0 Å². The van der Waals surface area contributed by atoms with Crippen molar-refractivity contribution in [2.24, 2.45) is 17.8 Å². The number of carboxylic acids is 1. The zero-order valence-electron chi connectivity index (χ0n) is 13.1. The first-order chi connectivity index (χ1) is 9.31. The second kappa shape index (κ2) is 7.50. The summed E-state index contributed by atoms with van der Waals surface area (Å²) in [6.07, 6.45) is 3.33. The summed E-state index contributed by atoms with van der Waals surface area (Å²) in [5, 5.41) is 11.8. The number of rotatable bonds is 8. The highest BCUT2D eigenvalue weighted by Gasteiger charge is 2.32. The Morgan fingerprint density at radius 2 is 1.90 bits per heavy atom. The molecule has 1 fully saturated rings. The highest BCUT2D eigenvalue weighted by atomic mass is 16.4. The molecule has 0 heterocycles. The Labute approximate surface area is 121 Å². The Bertz CT molecular complexity index is 340. The number of carbonyl (C=O) groups is 2. The number of urea groups is 1. The van der Waals surface area contributed by atoms with Gasteiger partial charge in [-0.25, -0.2) is 4.79 Å². The van der Waals surface area contributed by atoms with E-state index in [2.05, 4.69) is 26.1 Å². The third-order valence-electron chi connectivity index (χ3n) is 4.05. The van der Waals surface area contributed by atoms with Gasteiger partial charge in [-0.05, 0) is 43.9 Å². The fourth-order valence-electron chi connectivity index (χ4n) is 2.59. The molecule has 2 amide bonds. The summed E-state index contributed by atoms with van der Waals surface area (Å²) < 4.78 is 0. The zero-order chi connectivity index (χ0) is 15.3. The van der Waals surface area contributed by atoms with E-state index < -0.39 is 5.97 Å². The Kier molecular flexibility index (Phi) is 6.30. The molecule has 0 spiro atoms. The molecule has 0 aliphatic heterocycles. The maximum Gasteiger partial charge on any atom is 0.317 e. The highest BCUT2D eigenvalue weighted by Crippen LogP contribution is 2.34. The van der Waals surface area contributed by atoms with Crippen molar-refractivity contribution < 1.29 is 14.7 Å². The topological polar surface area (TPSA) is 69.6 Å². The predicted octanol–water partition coefficient (Wildman–Crippen LogP) is 2.56. The van der Waals surface area contributed by atoms with E-state index in [1.165, 1.54) is 12.8 Å². The molecule has 1 rings (SSSR count). The lowest BCUT2D eigenvalue weighted by atomic mass is 9.94. The number of amides is 2. The van der Waals surface area contributed by atoms with Crippen LogP contribution >= 0.6 is 0 Å². The van der Waals surface area contributed by atoms with Gasteiger partial charge in [0.25, 0.3) is 0 Å². The van der Waals surface area contributed by atoms with Crippen LogP contribution in [-0.4, -0.2) is 41.6 Å². The van der Waals surface area contributed by atoms with Crippen LogP contribution in [-0.2, 0) is 4.79 Å². The molecule has 2 atom stereocenters. The van der Waals surface area contributed by atoms with Crippen LogP contribution in [0.15, 0.2) is 0 Å². The second-order valence-corrected chi connectivity index (χ2v) is 6.47. The maximum absolute atomic E-state index is 12.1. The molecule has 20 heavy (non-hydrogen) atoms. The number of carbonyl (C=O) groups excluding carboxylic acids is 1. The van der Waals surface area contributed by atoms with Gasteiger partial charge in [-0.3, -0.25) is 4.79 Å². The molecule has 1 saturated carbocycles.